The van der Waals surface area contributed by atoms with Gasteiger partial charge in [0.2, 0.25) is 5.03 Å². The molecule has 0 bridgehead atoms. The SMILES string of the molecule is O=S(=O)(NCC1=CCNCC1)c1ncccc1F. The first kappa shape index (κ1) is 13.1. The maximum Gasteiger partial charge on any atom is 0.261 e. The van der Waals surface area contributed by atoms with Crippen LogP contribution in [0.2, 0.25) is 0 Å². The van der Waals surface area contributed by atoms with Crippen molar-refractivity contribution in [2.45, 2.75) is 11.4 Å². The van der Waals surface area contributed by atoms with E-state index in [9.17, 15) is 12.8 Å². The Morgan fingerprint density at radius 1 is 1.50 bits per heavy atom. The summed E-state index contributed by atoms with van der Waals surface area (Å²) in [7, 11) is -3.89. The highest BCUT2D eigenvalue weighted by molar-refractivity contribution is 7.89. The van der Waals surface area contributed by atoms with Crippen LogP contribution in [0, 0.1) is 5.82 Å². The van der Waals surface area contributed by atoms with E-state index < -0.39 is 20.9 Å². The van der Waals surface area contributed by atoms with E-state index >= 15 is 0 Å². The van der Waals surface area contributed by atoms with Crippen LogP contribution in [0.1, 0.15) is 6.42 Å². The van der Waals surface area contributed by atoms with E-state index in [0.717, 1.165) is 31.1 Å². The van der Waals surface area contributed by atoms with Crippen molar-refractivity contribution in [3.8, 4) is 0 Å². The first-order valence-corrected chi connectivity index (χ1v) is 7.07. The van der Waals surface area contributed by atoms with E-state index in [1.54, 1.807) is 0 Å². The molecule has 0 atom stereocenters. The van der Waals surface area contributed by atoms with Crippen LogP contribution >= 0.6 is 0 Å². The zero-order valence-corrected chi connectivity index (χ0v) is 10.5. The summed E-state index contributed by atoms with van der Waals surface area (Å²) >= 11 is 0. The maximum atomic E-state index is 13.3. The normalized spacial score (nSPS) is 16.4. The Kier molecular flexibility index (Phi) is 4.05. The lowest BCUT2D eigenvalue weighted by Crippen LogP contribution is -2.30. The number of halogens is 1. The Hall–Kier alpha value is -1.31. The molecular weight excluding hydrogens is 257 g/mol. The average Bonchev–Trinajstić information content (AvgIpc) is 2.38. The summed E-state index contributed by atoms with van der Waals surface area (Å²) in [6.07, 6.45) is 3.97. The minimum absolute atomic E-state index is 0.194. The van der Waals surface area contributed by atoms with Crippen LogP contribution in [0.5, 0.6) is 0 Å². The van der Waals surface area contributed by atoms with Gasteiger partial charge in [0.15, 0.2) is 5.82 Å². The third-order valence-electron chi connectivity index (χ3n) is 2.63. The molecule has 1 aromatic rings. The van der Waals surface area contributed by atoms with E-state index in [2.05, 4.69) is 15.0 Å². The maximum absolute atomic E-state index is 13.3. The monoisotopic (exact) mass is 271 g/mol. The van der Waals surface area contributed by atoms with E-state index in [0.29, 0.717) is 0 Å². The number of sulfonamides is 1. The molecule has 7 heteroatoms. The highest BCUT2D eigenvalue weighted by Gasteiger charge is 2.20. The second-order valence-electron chi connectivity index (χ2n) is 3.93. The fraction of sp³-hybridized carbons (Fsp3) is 0.364. The highest BCUT2D eigenvalue weighted by atomic mass is 32.2. The standard InChI is InChI=1S/C11H14FN3O2S/c12-10-2-1-5-14-11(10)18(16,17)15-8-9-3-6-13-7-4-9/h1-3,5,13,15H,4,6-8H2. The van der Waals surface area contributed by atoms with Gasteiger partial charge in [-0.3, -0.25) is 0 Å². The van der Waals surface area contributed by atoms with Crippen molar-refractivity contribution in [1.29, 1.82) is 0 Å². The quantitative estimate of drug-likeness (QED) is 0.779. The molecule has 18 heavy (non-hydrogen) atoms. The van der Waals surface area contributed by atoms with Crippen molar-refractivity contribution < 1.29 is 12.8 Å². The molecular formula is C11H14FN3O2S. The number of nitrogens with zero attached hydrogens (tertiary/aromatic N) is 1. The molecule has 0 aromatic carbocycles. The summed E-state index contributed by atoms with van der Waals surface area (Å²) in [5.74, 6) is -0.843. The number of rotatable bonds is 4. The number of pyridine rings is 1. The van der Waals surface area contributed by atoms with Gasteiger partial charge in [0.1, 0.15) is 0 Å². The Morgan fingerprint density at radius 3 is 3.00 bits per heavy atom. The molecule has 0 fully saturated rings. The van der Waals surface area contributed by atoms with Gasteiger partial charge < -0.3 is 5.32 Å². The van der Waals surface area contributed by atoms with Gasteiger partial charge in [-0.1, -0.05) is 11.6 Å². The van der Waals surface area contributed by atoms with Gasteiger partial charge in [-0.05, 0) is 25.1 Å². The van der Waals surface area contributed by atoms with Crippen molar-refractivity contribution in [2.24, 2.45) is 0 Å². The zero-order valence-electron chi connectivity index (χ0n) is 9.69. The second kappa shape index (κ2) is 5.55. The largest absolute Gasteiger partial charge is 0.313 e. The number of nitrogens with one attached hydrogen (secondary N) is 2. The Balaban J connectivity index is 2.08. The van der Waals surface area contributed by atoms with Crippen molar-refractivity contribution in [3.63, 3.8) is 0 Å². The molecule has 1 aliphatic rings. The highest BCUT2D eigenvalue weighted by Crippen LogP contribution is 2.11. The molecule has 0 saturated carbocycles. The lowest BCUT2D eigenvalue weighted by Gasteiger charge is -2.14. The van der Waals surface area contributed by atoms with E-state index in [1.807, 2.05) is 6.08 Å². The van der Waals surface area contributed by atoms with E-state index in [-0.39, 0.29) is 6.54 Å². The summed E-state index contributed by atoms with van der Waals surface area (Å²) in [5, 5.41) is 2.57. The predicted molar refractivity (Wildman–Crippen MR) is 65.0 cm³/mol. The topological polar surface area (TPSA) is 71.1 Å². The zero-order chi connectivity index (χ0) is 13.0. The van der Waals surface area contributed by atoms with Gasteiger partial charge in [-0.25, -0.2) is 22.5 Å². The second-order valence-corrected chi connectivity index (χ2v) is 5.61. The molecule has 0 spiro atoms. The summed E-state index contributed by atoms with van der Waals surface area (Å²) in [6.45, 7) is 1.75. The van der Waals surface area contributed by atoms with Crippen molar-refractivity contribution in [3.05, 3.63) is 35.8 Å². The lowest BCUT2D eigenvalue weighted by atomic mass is 10.1. The molecule has 0 amide bonds. The molecule has 0 aliphatic carbocycles. The van der Waals surface area contributed by atoms with Crippen molar-refractivity contribution >= 4 is 10.0 Å². The van der Waals surface area contributed by atoms with Crippen LogP contribution in [0.4, 0.5) is 4.39 Å². The van der Waals surface area contributed by atoms with Gasteiger partial charge in [0.05, 0.1) is 0 Å². The molecule has 98 valence electrons. The third-order valence-corrected chi connectivity index (χ3v) is 3.96. The molecule has 5 nitrogen and oxygen atoms in total. The minimum Gasteiger partial charge on any atom is -0.313 e. The van der Waals surface area contributed by atoms with Crippen LogP contribution in [0.25, 0.3) is 0 Å². The van der Waals surface area contributed by atoms with Crippen LogP contribution < -0.4 is 10.0 Å². The summed E-state index contributed by atoms with van der Waals surface area (Å²) in [4.78, 5) is 3.56. The van der Waals surface area contributed by atoms with Gasteiger partial charge in [-0.2, -0.15) is 0 Å². The van der Waals surface area contributed by atoms with E-state index in [1.165, 1.54) is 12.3 Å². The Labute approximate surface area is 105 Å². The Morgan fingerprint density at radius 2 is 2.33 bits per heavy atom. The molecule has 1 aliphatic heterocycles. The lowest BCUT2D eigenvalue weighted by molar-refractivity contribution is 0.545. The summed E-state index contributed by atoms with van der Waals surface area (Å²) in [5.41, 5.74) is 0.994. The smallest absolute Gasteiger partial charge is 0.261 e. The molecule has 2 rings (SSSR count). The first-order chi connectivity index (χ1) is 8.59. The van der Waals surface area contributed by atoms with Crippen molar-refractivity contribution in [2.75, 3.05) is 19.6 Å². The minimum atomic E-state index is -3.89. The molecule has 0 saturated heterocycles. The number of hydrogen-bond donors (Lipinski definition) is 2. The fourth-order valence-corrected chi connectivity index (χ4v) is 2.69. The molecule has 0 radical (unpaired) electrons. The average molecular weight is 271 g/mol. The summed E-state index contributed by atoms with van der Waals surface area (Å²) < 4.78 is 39.4. The number of hydrogen-bond acceptors (Lipinski definition) is 4. The summed E-state index contributed by atoms with van der Waals surface area (Å²) in [6, 6.07) is 2.43. The molecule has 2 N–H and O–H groups in total. The molecule has 2 heterocycles. The predicted octanol–water partition coefficient (Wildman–Crippen LogP) is 0.419. The van der Waals surface area contributed by atoms with Gasteiger partial charge in [0, 0.05) is 19.3 Å². The van der Waals surface area contributed by atoms with E-state index in [4.69, 9.17) is 0 Å². The van der Waals surface area contributed by atoms with Crippen LogP contribution in [-0.2, 0) is 10.0 Å². The van der Waals surface area contributed by atoms with Gasteiger partial charge >= 0.3 is 0 Å². The van der Waals surface area contributed by atoms with Gasteiger partial charge in [0.25, 0.3) is 10.0 Å². The van der Waals surface area contributed by atoms with Crippen LogP contribution in [0.3, 0.4) is 0 Å². The molecule has 1 aromatic heterocycles. The fourth-order valence-electron chi connectivity index (χ4n) is 1.66. The Bertz CT molecular complexity index is 557. The van der Waals surface area contributed by atoms with Crippen LogP contribution in [-0.4, -0.2) is 33.0 Å². The van der Waals surface area contributed by atoms with Gasteiger partial charge in [-0.15, -0.1) is 0 Å². The third kappa shape index (κ3) is 3.12. The number of aromatic nitrogens is 1. The van der Waals surface area contributed by atoms with Crippen LogP contribution in [0.15, 0.2) is 35.0 Å². The first-order valence-electron chi connectivity index (χ1n) is 5.58. The van der Waals surface area contributed by atoms with Crippen molar-refractivity contribution in [1.82, 2.24) is 15.0 Å². The molecule has 0 unspecified atom stereocenters.